The number of amides is 2. The van der Waals surface area contributed by atoms with E-state index in [1.807, 2.05) is 0 Å². The Morgan fingerprint density at radius 2 is 2.45 bits per heavy atom. The average molecular weight is 158 g/mol. The van der Waals surface area contributed by atoms with E-state index in [2.05, 4.69) is 4.74 Å². The Labute approximate surface area is 64.1 Å². The first-order chi connectivity index (χ1) is 5.20. The van der Waals surface area contributed by atoms with Crippen LogP contribution in [0.25, 0.3) is 0 Å². The van der Waals surface area contributed by atoms with E-state index in [0.29, 0.717) is 19.7 Å². The highest BCUT2D eigenvalue weighted by molar-refractivity contribution is 5.75. The van der Waals surface area contributed by atoms with Crippen LogP contribution in [0.3, 0.4) is 0 Å². The minimum atomic E-state index is -0.398. The van der Waals surface area contributed by atoms with E-state index in [1.165, 1.54) is 4.90 Å². The summed E-state index contributed by atoms with van der Waals surface area (Å²) in [5.74, 6) is -0.398. The van der Waals surface area contributed by atoms with Gasteiger partial charge in [-0.25, -0.2) is 4.79 Å². The van der Waals surface area contributed by atoms with Crippen LogP contribution in [0.5, 0.6) is 0 Å². The van der Waals surface area contributed by atoms with Crippen molar-refractivity contribution >= 4 is 12.0 Å². The van der Waals surface area contributed by atoms with Crippen molar-refractivity contribution in [3.8, 4) is 0 Å². The summed E-state index contributed by atoms with van der Waals surface area (Å²) in [7, 11) is 0. The van der Waals surface area contributed by atoms with Crippen LogP contribution < -0.4 is 5.73 Å². The molecule has 1 rings (SSSR count). The molecule has 0 saturated carbocycles. The molecule has 5 heteroatoms. The van der Waals surface area contributed by atoms with Gasteiger partial charge in [0.1, 0.15) is 6.61 Å². The largest absolute Gasteiger partial charge is 0.448 e. The van der Waals surface area contributed by atoms with Gasteiger partial charge in [0.2, 0.25) is 5.91 Å². The molecule has 5 nitrogen and oxygen atoms in total. The second kappa shape index (κ2) is 3.23. The van der Waals surface area contributed by atoms with Gasteiger partial charge in [0, 0.05) is 13.0 Å². The highest BCUT2D eigenvalue weighted by Gasteiger charge is 2.21. The maximum atomic E-state index is 10.7. The van der Waals surface area contributed by atoms with Crippen LogP contribution in [-0.2, 0) is 9.53 Å². The molecular weight excluding hydrogens is 148 g/mol. The molecule has 0 unspecified atom stereocenters. The summed E-state index contributed by atoms with van der Waals surface area (Å²) in [6, 6.07) is 0. The first-order valence-electron chi connectivity index (χ1n) is 3.40. The summed E-state index contributed by atoms with van der Waals surface area (Å²) < 4.78 is 4.63. The Balaban J connectivity index is 2.26. The van der Waals surface area contributed by atoms with E-state index in [1.54, 1.807) is 0 Å². The van der Waals surface area contributed by atoms with Crippen LogP contribution in [0.15, 0.2) is 0 Å². The fraction of sp³-hybridized carbons (Fsp3) is 0.667. The smallest absolute Gasteiger partial charge is 0.409 e. The molecule has 2 N–H and O–H groups in total. The zero-order chi connectivity index (χ0) is 8.27. The number of rotatable bonds is 3. The summed E-state index contributed by atoms with van der Waals surface area (Å²) >= 11 is 0. The zero-order valence-corrected chi connectivity index (χ0v) is 6.08. The first kappa shape index (κ1) is 7.84. The number of carbonyl (C=O) groups excluding carboxylic acids is 2. The van der Waals surface area contributed by atoms with E-state index < -0.39 is 5.91 Å². The van der Waals surface area contributed by atoms with Crippen LogP contribution in [0, 0.1) is 0 Å². The Kier molecular flexibility index (Phi) is 2.30. The molecule has 11 heavy (non-hydrogen) atoms. The van der Waals surface area contributed by atoms with Gasteiger partial charge in [0.15, 0.2) is 0 Å². The van der Waals surface area contributed by atoms with Gasteiger partial charge in [-0.1, -0.05) is 0 Å². The summed E-state index contributed by atoms with van der Waals surface area (Å²) in [6.45, 7) is 1.35. The van der Waals surface area contributed by atoms with E-state index in [4.69, 9.17) is 5.73 Å². The molecule has 2 amide bonds. The van der Waals surface area contributed by atoms with Gasteiger partial charge in [-0.2, -0.15) is 0 Å². The van der Waals surface area contributed by atoms with Gasteiger partial charge in [0.05, 0.1) is 6.54 Å². The van der Waals surface area contributed by atoms with Crippen molar-refractivity contribution < 1.29 is 14.3 Å². The van der Waals surface area contributed by atoms with Crippen molar-refractivity contribution in [1.82, 2.24) is 4.90 Å². The molecule has 62 valence electrons. The Morgan fingerprint density at radius 3 is 2.91 bits per heavy atom. The predicted octanol–water partition coefficient (Wildman–Crippen LogP) is -0.686. The summed E-state index contributed by atoms with van der Waals surface area (Å²) in [5, 5.41) is 0. The third kappa shape index (κ3) is 2.10. The molecule has 0 aromatic rings. The van der Waals surface area contributed by atoms with E-state index in [-0.39, 0.29) is 12.5 Å². The molecule has 1 aliphatic heterocycles. The van der Waals surface area contributed by atoms with Crippen molar-refractivity contribution in [3.63, 3.8) is 0 Å². The van der Waals surface area contributed by atoms with Crippen LogP contribution >= 0.6 is 0 Å². The van der Waals surface area contributed by atoms with Crippen LogP contribution in [0.4, 0.5) is 4.79 Å². The van der Waals surface area contributed by atoms with Crippen molar-refractivity contribution in [1.29, 1.82) is 0 Å². The lowest BCUT2D eigenvalue weighted by atomic mass is 10.4. The van der Waals surface area contributed by atoms with Crippen LogP contribution in [0.1, 0.15) is 6.42 Å². The number of hydrogen-bond donors (Lipinski definition) is 1. The molecular formula is C6H10N2O3. The highest BCUT2D eigenvalue weighted by atomic mass is 16.6. The number of ether oxygens (including phenoxy) is 1. The van der Waals surface area contributed by atoms with Gasteiger partial charge in [-0.15, -0.1) is 0 Å². The van der Waals surface area contributed by atoms with Gasteiger partial charge in [-0.3, -0.25) is 4.79 Å². The zero-order valence-electron chi connectivity index (χ0n) is 6.08. The SMILES string of the molecule is NC(=O)CCN1CCOC1=O. The lowest BCUT2D eigenvalue weighted by molar-refractivity contribution is -0.118. The molecule has 0 aromatic carbocycles. The second-order valence-electron chi connectivity index (χ2n) is 2.32. The van der Waals surface area contributed by atoms with E-state index in [0.717, 1.165) is 0 Å². The number of carbonyl (C=O) groups is 2. The Bertz CT molecular complexity index is 181. The number of cyclic esters (lactones) is 1. The fourth-order valence-corrected chi connectivity index (χ4v) is 0.874. The first-order valence-corrected chi connectivity index (χ1v) is 3.40. The molecule has 0 radical (unpaired) electrons. The molecule has 1 fully saturated rings. The van der Waals surface area contributed by atoms with E-state index >= 15 is 0 Å². The number of nitrogens with zero attached hydrogens (tertiary/aromatic N) is 1. The minimum absolute atomic E-state index is 0.203. The maximum absolute atomic E-state index is 10.7. The second-order valence-corrected chi connectivity index (χ2v) is 2.32. The molecule has 0 aromatic heterocycles. The molecule has 1 aliphatic rings. The third-order valence-electron chi connectivity index (χ3n) is 1.47. The van der Waals surface area contributed by atoms with Gasteiger partial charge in [-0.05, 0) is 0 Å². The lowest BCUT2D eigenvalue weighted by Crippen LogP contribution is -2.28. The van der Waals surface area contributed by atoms with Crippen molar-refractivity contribution in [2.75, 3.05) is 19.7 Å². The quantitative estimate of drug-likeness (QED) is 0.591. The average Bonchev–Trinajstić information content (AvgIpc) is 2.31. The van der Waals surface area contributed by atoms with Gasteiger partial charge in [0.25, 0.3) is 0 Å². The number of hydrogen-bond acceptors (Lipinski definition) is 3. The molecule has 0 bridgehead atoms. The normalized spacial score (nSPS) is 16.7. The topological polar surface area (TPSA) is 72.6 Å². The third-order valence-corrected chi connectivity index (χ3v) is 1.47. The Morgan fingerprint density at radius 1 is 1.73 bits per heavy atom. The summed E-state index contributed by atoms with van der Waals surface area (Å²) in [4.78, 5) is 22.5. The van der Waals surface area contributed by atoms with Crippen LogP contribution in [-0.4, -0.2) is 36.6 Å². The monoisotopic (exact) mass is 158 g/mol. The molecule has 1 heterocycles. The number of primary amides is 1. The van der Waals surface area contributed by atoms with Gasteiger partial charge < -0.3 is 15.4 Å². The van der Waals surface area contributed by atoms with Crippen LogP contribution in [0.2, 0.25) is 0 Å². The maximum Gasteiger partial charge on any atom is 0.409 e. The summed E-state index contributed by atoms with van der Waals surface area (Å²) in [5.41, 5.74) is 4.90. The van der Waals surface area contributed by atoms with E-state index in [9.17, 15) is 9.59 Å². The fourth-order valence-electron chi connectivity index (χ4n) is 0.874. The lowest BCUT2D eigenvalue weighted by Gasteiger charge is -2.09. The predicted molar refractivity (Wildman–Crippen MR) is 36.7 cm³/mol. The van der Waals surface area contributed by atoms with Gasteiger partial charge >= 0.3 is 6.09 Å². The molecule has 0 aliphatic carbocycles. The minimum Gasteiger partial charge on any atom is -0.448 e. The Hall–Kier alpha value is -1.26. The van der Waals surface area contributed by atoms with Crippen molar-refractivity contribution in [2.45, 2.75) is 6.42 Å². The standard InChI is InChI=1S/C6H10N2O3/c7-5(9)1-2-8-3-4-11-6(8)10/h1-4H2,(H2,7,9). The van der Waals surface area contributed by atoms with Crippen molar-refractivity contribution in [2.24, 2.45) is 5.73 Å². The number of nitrogens with two attached hydrogens (primary N) is 1. The molecule has 0 spiro atoms. The highest BCUT2D eigenvalue weighted by Crippen LogP contribution is 2.02. The summed E-state index contributed by atoms with van der Waals surface area (Å²) in [6.07, 6.45) is -0.152. The molecule has 0 atom stereocenters. The van der Waals surface area contributed by atoms with Crippen molar-refractivity contribution in [3.05, 3.63) is 0 Å². The molecule has 1 saturated heterocycles.